The van der Waals surface area contributed by atoms with E-state index in [4.69, 9.17) is 9.47 Å². The van der Waals surface area contributed by atoms with E-state index < -0.39 is 0 Å². The monoisotopic (exact) mass is 529 g/mol. The number of anilines is 1. The Morgan fingerprint density at radius 3 is 2.53 bits per heavy atom. The molecule has 1 aromatic heterocycles. The normalized spacial score (nSPS) is 14.3. The Morgan fingerprint density at radius 2 is 1.87 bits per heavy atom. The van der Waals surface area contributed by atoms with E-state index in [1.165, 1.54) is 12.1 Å². The van der Waals surface area contributed by atoms with Gasteiger partial charge in [0.1, 0.15) is 12.4 Å². The van der Waals surface area contributed by atoms with Gasteiger partial charge in [0.15, 0.2) is 5.96 Å². The van der Waals surface area contributed by atoms with Crippen LogP contribution in [0.2, 0.25) is 0 Å². The highest BCUT2D eigenvalue weighted by Crippen LogP contribution is 2.17. The molecule has 1 aliphatic rings. The van der Waals surface area contributed by atoms with Crippen molar-refractivity contribution in [2.45, 2.75) is 6.54 Å². The molecule has 1 N–H and O–H groups in total. The SMILES string of the molecule is CN=C(NCc1cccnc1OCCOC)N1CCN(c2ccc(F)cc2)CC1.I. The van der Waals surface area contributed by atoms with Crippen LogP contribution in [-0.2, 0) is 11.3 Å². The highest BCUT2D eigenvalue weighted by Gasteiger charge is 2.20. The fourth-order valence-electron chi connectivity index (χ4n) is 3.25. The molecule has 0 spiro atoms. The largest absolute Gasteiger partial charge is 0.475 e. The van der Waals surface area contributed by atoms with Gasteiger partial charge >= 0.3 is 0 Å². The van der Waals surface area contributed by atoms with Gasteiger partial charge in [-0.3, -0.25) is 4.99 Å². The fraction of sp³-hybridized carbons (Fsp3) is 0.429. The van der Waals surface area contributed by atoms with Crippen molar-refractivity contribution in [1.82, 2.24) is 15.2 Å². The molecular weight excluding hydrogens is 500 g/mol. The van der Waals surface area contributed by atoms with E-state index in [1.54, 1.807) is 20.4 Å². The molecule has 1 aliphatic heterocycles. The number of benzene rings is 1. The second-order valence-corrected chi connectivity index (χ2v) is 6.66. The summed E-state index contributed by atoms with van der Waals surface area (Å²) in [6, 6.07) is 10.5. The standard InChI is InChI=1S/C21H28FN5O2.HI/c1-23-21(25-16-17-4-3-9-24-20(17)29-15-14-28-2)27-12-10-26(11-13-27)19-7-5-18(22)6-8-19;/h3-9H,10-16H2,1-2H3,(H,23,25);1H. The number of guanidine groups is 1. The first-order valence-corrected chi connectivity index (χ1v) is 9.73. The van der Waals surface area contributed by atoms with E-state index >= 15 is 0 Å². The zero-order chi connectivity index (χ0) is 20.5. The van der Waals surface area contributed by atoms with Gasteiger partial charge in [-0.15, -0.1) is 24.0 Å². The molecule has 9 heteroatoms. The number of hydrogen-bond acceptors (Lipinski definition) is 5. The third kappa shape index (κ3) is 6.69. The summed E-state index contributed by atoms with van der Waals surface area (Å²) in [5, 5.41) is 3.40. The maximum Gasteiger partial charge on any atom is 0.218 e. The van der Waals surface area contributed by atoms with Crippen molar-refractivity contribution in [2.24, 2.45) is 4.99 Å². The summed E-state index contributed by atoms with van der Waals surface area (Å²) >= 11 is 0. The summed E-state index contributed by atoms with van der Waals surface area (Å²) in [4.78, 5) is 13.2. The molecular formula is C21H29FIN5O2. The number of nitrogens with zero attached hydrogens (tertiary/aromatic N) is 4. The van der Waals surface area contributed by atoms with Crippen molar-refractivity contribution in [1.29, 1.82) is 0 Å². The quantitative estimate of drug-likeness (QED) is 0.258. The Kier molecular flexibility index (Phi) is 10.1. The predicted octanol–water partition coefficient (Wildman–Crippen LogP) is 2.76. The van der Waals surface area contributed by atoms with Crippen LogP contribution in [0, 0.1) is 5.82 Å². The number of methoxy groups -OCH3 is 1. The van der Waals surface area contributed by atoms with Crippen LogP contribution in [0.25, 0.3) is 0 Å². The molecule has 3 rings (SSSR count). The van der Waals surface area contributed by atoms with Crippen molar-refractivity contribution in [3.05, 3.63) is 54.0 Å². The highest BCUT2D eigenvalue weighted by molar-refractivity contribution is 14.0. The second kappa shape index (κ2) is 12.5. The Labute approximate surface area is 194 Å². The molecule has 30 heavy (non-hydrogen) atoms. The number of piperazine rings is 1. The van der Waals surface area contributed by atoms with Crippen LogP contribution in [0.3, 0.4) is 0 Å². The number of hydrogen-bond donors (Lipinski definition) is 1. The van der Waals surface area contributed by atoms with Gasteiger partial charge in [0.25, 0.3) is 0 Å². The van der Waals surface area contributed by atoms with Gasteiger partial charge in [-0.05, 0) is 30.3 Å². The Bertz CT molecular complexity index is 798. The van der Waals surface area contributed by atoms with E-state index in [1.807, 2.05) is 24.3 Å². The van der Waals surface area contributed by atoms with Gasteiger partial charge < -0.3 is 24.6 Å². The Morgan fingerprint density at radius 1 is 1.13 bits per heavy atom. The van der Waals surface area contributed by atoms with E-state index in [-0.39, 0.29) is 29.8 Å². The zero-order valence-electron chi connectivity index (χ0n) is 17.4. The third-order valence-corrected chi connectivity index (χ3v) is 4.80. The first-order valence-electron chi connectivity index (χ1n) is 9.73. The number of nitrogens with one attached hydrogen (secondary N) is 1. The number of aliphatic imine (C=N–C) groups is 1. The van der Waals surface area contributed by atoms with Gasteiger partial charge in [-0.1, -0.05) is 6.07 Å². The van der Waals surface area contributed by atoms with Crippen LogP contribution in [0.1, 0.15) is 5.56 Å². The molecule has 7 nitrogen and oxygen atoms in total. The lowest BCUT2D eigenvalue weighted by atomic mass is 10.2. The van der Waals surface area contributed by atoms with E-state index in [0.29, 0.717) is 25.6 Å². The van der Waals surface area contributed by atoms with Crippen molar-refractivity contribution >= 4 is 35.6 Å². The summed E-state index contributed by atoms with van der Waals surface area (Å²) in [5.41, 5.74) is 2.01. The van der Waals surface area contributed by atoms with Crippen LogP contribution < -0.4 is 15.0 Å². The van der Waals surface area contributed by atoms with Gasteiger partial charge in [-0.25, -0.2) is 9.37 Å². The molecule has 0 amide bonds. The van der Waals surface area contributed by atoms with Crippen LogP contribution in [0.15, 0.2) is 47.6 Å². The number of halogens is 2. The smallest absolute Gasteiger partial charge is 0.218 e. The minimum Gasteiger partial charge on any atom is -0.475 e. The molecule has 0 aliphatic carbocycles. The van der Waals surface area contributed by atoms with Crippen LogP contribution >= 0.6 is 24.0 Å². The Balaban J connectivity index is 0.00000320. The summed E-state index contributed by atoms with van der Waals surface area (Å²) in [6.07, 6.45) is 1.72. The number of rotatable bonds is 7. The summed E-state index contributed by atoms with van der Waals surface area (Å²) in [7, 11) is 3.43. The number of pyridine rings is 1. The number of aromatic nitrogens is 1. The van der Waals surface area contributed by atoms with Crippen molar-refractivity contribution in [3.63, 3.8) is 0 Å². The molecule has 2 aromatic rings. The molecule has 0 unspecified atom stereocenters. The average Bonchev–Trinajstić information content (AvgIpc) is 2.76. The van der Waals surface area contributed by atoms with E-state index in [0.717, 1.165) is 43.4 Å². The first kappa shape index (κ1) is 24.1. The minimum absolute atomic E-state index is 0. The summed E-state index contributed by atoms with van der Waals surface area (Å²) in [6.45, 7) is 4.92. The third-order valence-electron chi connectivity index (χ3n) is 4.80. The lowest BCUT2D eigenvalue weighted by Gasteiger charge is -2.37. The first-order chi connectivity index (χ1) is 14.2. The van der Waals surface area contributed by atoms with Gasteiger partial charge in [0, 0.05) is 64.3 Å². The van der Waals surface area contributed by atoms with Gasteiger partial charge in [-0.2, -0.15) is 0 Å². The zero-order valence-corrected chi connectivity index (χ0v) is 19.7. The molecule has 0 bridgehead atoms. The molecule has 2 heterocycles. The van der Waals surface area contributed by atoms with Crippen molar-refractivity contribution in [2.75, 3.05) is 58.5 Å². The molecule has 0 radical (unpaired) electrons. The minimum atomic E-state index is -0.210. The number of ether oxygens (including phenoxy) is 2. The van der Waals surface area contributed by atoms with Gasteiger partial charge in [0.05, 0.1) is 6.61 Å². The lowest BCUT2D eigenvalue weighted by Crippen LogP contribution is -2.52. The topological polar surface area (TPSA) is 62.2 Å². The molecule has 1 saturated heterocycles. The molecule has 1 aromatic carbocycles. The maximum atomic E-state index is 13.1. The van der Waals surface area contributed by atoms with E-state index in [9.17, 15) is 4.39 Å². The summed E-state index contributed by atoms with van der Waals surface area (Å²) < 4.78 is 23.9. The van der Waals surface area contributed by atoms with Gasteiger partial charge in [0.2, 0.25) is 5.88 Å². The second-order valence-electron chi connectivity index (χ2n) is 6.66. The fourth-order valence-corrected chi connectivity index (χ4v) is 3.25. The van der Waals surface area contributed by atoms with E-state index in [2.05, 4.69) is 25.1 Å². The van der Waals surface area contributed by atoms with Crippen LogP contribution in [0.5, 0.6) is 5.88 Å². The Hall–Kier alpha value is -2.14. The lowest BCUT2D eigenvalue weighted by molar-refractivity contribution is 0.143. The van der Waals surface area contributed by atoms with Crippen molar-refractivity contribution < 1.29 is 13.9 Å². The molecule has 164 valence electrons. The van der Waals surface area contributed by atoms with Crippen LogP contribution in [0.4, 0.5) is 10.1 Å². The predicted molar refractivity (Wildman–Crippen MR) is 127 cm³/mol. The van der Waals surface area contributed by atoms with Crippen molar-refractivity contribution in [3.8, 4) is 5.88 Å². The van der Waals surface area contributed by atoms with Crippen LogP contribution in [-0.4, -0.2) is 69.4 Å². The average molecular weight is 529 g/mol. The molecule has 0 saturated carbocycles. The highest BCUT2D eigenvalue weighted by atomic mass is 127. The molecule has 1 fully saturated rings. The maximum absolute atomic E-state index is 13.1. The molecule has 0 atom stereocenters. The summed E-state index contributed by atoms with van der Waals surface area (Å²) in [5.74, 6) is 1.24.